The monoisotopic (exact) mass is 563 g/mol. The number of likely N-dealkylation sites (tertiary alicyclic amines) is 1. The molecule has 0 spiro atoms. The van der Waals surface area contributed by atoms with Gasteiger partial charge in [0.15, 0.2) is 5.75 Å². The van der Waals surface area contributed by atoms with Gasteiger partial charge in [-0.2, -0.15) is 0 Å². The molecule has 2 atom stereocenters. The van der Waals surface area contributed by atoms with Crippen LogP contribution in [0.5, 0.6) is 11.5 Å². The highest BCUT2D eigenvalue weighted by Crippen LogP contribution is 2.35. The van der Waals surface area contributed by atoms with Crippen LogP contribution in [0.4, 0.5) is 4.39 Å². The second-order valence-corrected chi connectivity index (χ2v) is 11.7. The van der Waals surface area contributed by atoms with Crippen molar-refractivity contribution in [3.8, 4) is 11.5 Å². The Morgan fingerprint density at radius 1 is 0.927 bits per heavy atom. The van der Waals surface area contributed by atoms with Gasteiger partial charge in [0.2, 0.25) is 5.43 Å². The molecule has 10 heteroatoms. The Balaban J connectivity index is 1.06. The van der Waals surface area contributed by atoms with Crippen molar-refractivity contribution >= 4 is 0 Å². The molecule has 2 fully saturated rings. The summed E-state index contributed by atoms with van der Waals surface area (Å²) in [6.45, 7) is 8.29. The first-order valence-electron chi connectivity index (χ1n) is 14.5. The molecule has 2 aromatic heterocycles. The summed E-state index contributed by atoms with van der Waals surface area (Å²) in [7, 11) is 1.94. The van der Waals surface area contributed by atoms with Crippen LogP contribution < -0.4 is 15.7 Å². The summed E-state index contributed by atoms with van der Waals surface area (Å²) in [4.78, 5) is 32.2. The van der Waals surface area contributed by atoms with Crippen LogP contribution in [-0.2, 0) is 26.7 Å². The van der Waals surface area contributed by atoms with Gasteiger partial charge >= 0.3 is 0 Å². The van der Waals surface area contributed by atoms with E-state index in [0.717, 1.165) is 70.2 Å². The zero-order valence-corrected chi connectivity index (χ0v) is 23.5. The molecule has 0 unspecified atom stereocenters. The third-order valence-corrected chi connectivity index (χ3v) is 8.91. The first kappa shape index (κ1) is 27.7. The number of piperazine rings is 1. The number of aromatic hydroxyl groups is 1. The van der Waals surface area contributed by atoms with Crippen LogP contribution in [0.2, 0.25) is 0 Å². The minimum Gasteiger partial charge on any atom is -0.503 e. The molecular formula is C31H38FN5O4. The predicted molar refractivity (Wildman–Crippen MR) is 154 cm³/mol. The molecule has 1 aromatic carbocycles. The summed E-state index contributed by atoms with van der Waals surface area (Å²) >= 11 is 0. The summed E-state index contributed by atoms with van der Waals surface area (Å²) in [5.74, 6) is 0.931. The standard InChI is InChI=1S/C31H38FN5O4/c1-33-25(20-36-17-22-15-23(19-36)27-3-2-4-30(39)37(27)18-22)16-29(38)31(40)28(33)21-35-11-9-34(10-12-35)13-14-41-26-7-5-24(32)6-8-26/h2-8,16,22-23,40H,9-15,17-21H2,1H3/t22-,23+/m0/s1. The van der Waals surface area contributed by atoms with Gasteiger partial charge in [-0.3, -0.25) is 24.3 Å². The van der Waals surface area contributed by atoms with E-state index in [4.69, 9.17) is 4.74 Å². The largest absolute Gasteiger partial charge is 0.503 e. The maximum absolute atomic E-state index is 13.1. The molecule has 3 aromatic rings. The van der Waals surface area contributed by atoms with Crippen molar-refractivity contribution in [2.75, 3.05) is 52.4 Å². The Hall–Kier alpha value is -3.47. The summed E-state index contributed by atoms with van der Waals surface area (Å²) < 4.78 is 22.7. The van der Waals surface area contributed by atoms with E-state index < -0.39 is 0 Å². The number of ether oxygens (including phenoxy) is 1. The number of fused-ring (bicyclic) bond motifs is 4. The highest BCUT2D eigenvalue weighted by molar-refractivity contribution is 5.30. The van der Waals surface area contributed by atoms with Crippen LogP contribution in [0.25, 0.3) is 0 Å². The van der Waals surface area contributed by atoms with Crippen molar-refractivity contribution in [2.45, 2.75) is 32.0 Å². The second kappa shape index (κ2) is 11.8. The van der Waals surface area contributed by atoms with Gasteiger partial charge in [0.1, 0.15) is 18.2 Å². The van der Waals surface area contributed by atoms with Gasteiger partial charge in [-0.25, -0.2) is 4.39 Å². The van der Waals surface area contributed by atoms with Crippen LogP contribution in [0, 0.1) is 11.7 Å². The Kier molecular flexibility index (Phi) is 7.96. The molecule has 2 saturated heterocycles. The van der Waals surface area contributed by atoms with Gasteiger partial charge < -0.3 is 19.0 Å². The molecule has 0 aliphatic carbocycles. The summed E-state index contributed by atoms with van der Waals surface area (Å²) in [6.07, 6.45) is 1.09. The van der Waals surface area contributed by atoms with Crippen LogP contribution in [-0.4, -0.2) is 81.4 Å². The zero-order chi connectivity index (χ0) is 28.5. The molecule has 9 nitrogen and oxygen atoms in total. The fraction of sp³-hybridized carbons (Fsp3) is 0.484. The number of hydrogen-bond acceptors (Lipinski definition) is 7. The third kappa shape index (κ3) is 6.10. The van der Waals surface area contributed by atoms with E-state index in [2.05, 4.69) is 20.8 Å². The lowest BCUT2D eigenvalue weighted by Gasteiger charge is -2.43. The maximum atomic E-state index is 13.1. The summed E-state index contributed by atoms with van der Waals surface area (Å²) in [5, 5.41) is 10.7. The van der Waals surface area contributed by atoms with Crippen molar-refractivity contribution in [3.63, 3.8) is 0 Å². The number of aromatic nitrogens is 2. The van der Waals surface area contributed by atoms with E-state index in [0.29, 0.717) is 43.0 Å². The first-order chi connectivity index (χ1) is 19.8. The second-order valence-electron chi connectivity index (χ2n) is 11.7. The summed E-state index contributed by atoms with van der Waals surface area (Å²) in [6, 6.07) is 13.2. The quantitative estimate of drug-likeness (QED) is 0.450. The number of piperidine rings is 1. The number of benzene rings is 1. The molecule has 1 N–H and O–H groups in total. The molecular weight excluding hydrogens is 525 g/mol. The maximum Gasteiger partial charge on any atom is 0.250 e. The number of hydrogen-bond donors (Lipinski definition) is 1. The average Bonchev–Trinajstić information content (AvgIpc) is 2.96. The molecule has 5 heterocycles. The van der Waals surface area contributed by atoms with E-state index in [1.165, 1.54) is 12.1 Å². The Labute approximate surface area is 239 Å². The predicted octanol–water partition coefficient (Wildman–Crippen LogP) is 2.21. The van der Waals surface area contributed by atoms with Gasteiger partial charge in [-0.05, 0) is 42.7 Å². The van der Waals surface area contributed by atoms with Crippen molar-refractivity contribution in [2.24, 2.45) is 13.0 Å². The van der Waals surface area contributed by atoms with Crippen molar-refractivity contribution in [3.05, 3.63) is 92.0 Å². The molecule has 41 heavy (non-hydrogen) atoms. The normalized spacial score (nSPS) is 21.5. The Bertz CT molecular complexity index is 1500. The molecule has 0 saturated carbocycles. The zero-order valence-electron chi connectivity index (χ0n) is 23.5. The van der Waals surface area contributed by atoms with Gasteiger partial charge in [0, 0.05) is 102 Å². The SMILES string of the molecule is Cn1c(CN2C[C@@H]3C[C@H](C2)c2cccc(=O)n2C3)cc(=O)c(O)c1CN1CCN(CCOc2ccc(F)cc2)CC1. The number of pyridine rings is 2. The van der Waals surface area contributed by atoms with Gasteiger partial charge in [-0.15, -0.1) is 0 Å². The molecule has 218 valence electrons. The van der Waals surface area contributed by atoms with Crippen molar-refractivity contribution in [1.82, 2.24) is 23.8 Å². The fourth-order valence-corrected chi connectivity index (χ4v) is 6.68. The fourth-order valence-electron chi connectivity index (χ4n) is 6.68. The van der Waals surface area contributed by atoms with Crippen LogP contribution in [0.3, 0.4) is 0 Å². The van der Waals surface area contributed by atoms with E-state index in [1.54, 1.807) is 24.3 Å². The highest BCUT2D eigenvalue weighted by atomic mass is 19.1. The number of nitrogens with zero attached hydrogens (tertiary/aromatic N) is 5. The van der Waals surface area contributed by atoms with Gasteiger partial charge in [-0.1, -0.05) is 6.07 Å². The van der Waals surface area contributed by atoms with Gasteiger partial charge in [0.25, 0.3) is 5.56 Å². The molecule has 3 aliphatic heterocycles. The van der Waals surface area contributed by atoms with E-state index in [-0.39, 0.29) is 22.6 Å². The van der Waals surface area contributed by atoms with Crippen LogP contribution >= 0.6 is 0 Å². The lowest BCUT2D eigenvalue weighted by atomic mass is 9.83. The third-order valence-electron chi connectivity index (χ3n) is 8.91. The van der Waals surface area contributed by atoms with E-state index >= 15 is 0 Å². The minimum absolute atomic E-state index is 0.0791. The highest BCUT2D eigenvalue weighted by Gasteiger charge is 2.34. The lowest BCUT2D eigenvalue weighted by Crippen LogP contribution is -2.47. The Morgan fingerprint density at radius 3 is 2.46 bits per heavy atom. The topological polar surface area (TPSA) is 83.2 Å². The first-order valence-corrected chi connectivity index (χ1v) is 14.5. The average molecular weight is 564 g/mol. The van der Waals surface area contributed by atoms with Crippen LogP contribution in [0.15, 0.2) is 58.1 Å². The Morgan fingerprint density at radius 2 is 1.68 bits per heavy atom. The molecule has 0 radical (unpaired) electrons. The summed E-state index contributed by atoms with van der Waals surface area (Å²) in [5.41, 5.74) is 2.40. The molecule has 0 amide bonds. The van der Waals surface area contributed by atoms with Crippen LogP contribution in [0.1, 0.15) is 29.4 Å². The molecule has 6 rings (SSSR count). The van der Waals surface area contributed by atoms with Gasteiger partial charge in [0.05, 0.1) is 5.69 Å². The van der Waals surface area contributed by atoms with Crippen molar-refractivity contribution < 1.29 is 14.2 Å². The number of halogens is 1. The van der Waals surface area contributed by atoms with E-state index in [9.17, 15) is 19.1 Å². The number of rotatable bonds is 8. The van der Waals surface area contributed by atoms with Crippen molar-refractivity contribution in [1.29, 1.82) is 0 Å². The lowest BCUT2D eigenvalue weighted by molar-refractivity contribution is 0.107. The molecule has 3 aliphatic rings. The molecule has 2 bridgehead atoms. The minimum atomic E-state index is -0.334. The van der Waals surface area contributed by atoms with E-state index in [1.807, 2.05) is 22.2 Å². The smallest absolute Gasteiger partial charge is 0.250 e.